The average molecular weight is 321 g/mol. The van der Waals surface area contributed by atoms with Gasteiger partial charge in [0.15, 0.2) is 0 Å². The van der Waals surface area contributed by atoms with Crippen molar-refractivity contribution >= 4 is 40.0 Å². The smallest absolute Gasteiger partial charge is 0.268 e. The number of hydrogen-bond donors (Lipinski definition) is 2. The number of hydrogen-bond acceptors (Lipinski definition) is 2. The average Bonchev–Trinajstić information content (AvgIpc) is 3.08. The van der Waals surface area contributed by atoms with Crippen molar-refractivity contribution in [3.63, 3.8) is 0 Å². The maximum Gasteiger partial charge on any atom is 0.268 e. The molecule has 0 radical (unpaired) electrons. The number of fused-ring (bicyclic) bond motifs is 3. The lowest BCUT2D eigenvalue weighted by atomic mass is 10.0. The van der Waals surface area contributed by atoms with Gasteiger partial charge in [0.25, 0.3) is 5.91 Å². The first-order valence-corrected chi connectivity index (χ1v) is 7.21. The molecule has 5 nitrogen and oxygen atoms in total. The van der Waals surface area contributed by atoms with Gasteiger partial charge in [-0.15, -0.1) is 0 Å². The number of nitrogens with one attached hydrogen (secondary N) is 2. The van der Waals surface area contributed by atoms with Crippen molar-refractivity contribution in [2.75, 3.05) is 6.54 Å². The molecular weight excluding hydrogens is 311 g/mol. The molecule has 0 saturated carbocycles. The predicted molar refractivity (Wildman–Crippen MR) is 81.9 cm³/mol. The van der Waals surface area contributed by atoms with Gasteiger partial charge < -0.3 is 9.88 Å². The van der Waals surface area contributed by atoms with E-state index in [-0.39, 0.29) is 5.91 Å². The van der Waals surface area contributed by atoms with Crippen LogP contribution in [0.1, 0.15) is 10.5 Å². The van der Waals surface area contributed by atoms with E-state index in [4.69, 9.17) is 23.2 Å². The number of aromatic amines is 1. The van der Waals surface area contributed by atoms with Crippen molar-refractivity contribution in [1.29, 1.82) is 0 Å². The second kappa shape index (κ2) is 4.51. The zero-order chi connectivity index (χ0) is 14.6. The van der Waals surface area contributed by atoms with Gasteiger partial charge in [0.1, 0.15) is 5.69 Å². The zero-order valence-electron chi connectivity index (χ0n) is 10.8. The summed E-state index contributed by atoms with van der Waals surface area (Å²) < 4.78 is 1.94. The number of carbonyl (C=O) groups is 1. The summed E-state index contributed by atoms with van der Waals surface area (Å²) in [6, 6.07) is 3.64. The summed E-state index contributed by atoms with van der Waals surface area (Å²) in [4.78, 5) is 12.3. The van der Waals surface area contributed by atoms with E-state index in [0.717, 1.165) is 22.0 Å². The predicted octanol–water partition coefficient (Wildman–Crippen LogP) is 3.08. The molecule has 1 aromatic carbocycles. The van der Waals surface area contributed by atoms with Crippen LogP contribution in [-0.4, -0.2) is 27.2 Å². The van der Waals surface area contributed by atoms with Crippen molar-refractivity contribution in [3.8, 4) is 11.1 Å². The van der Waals surface area contributed by atoms with E-state index < -0.39 is 0 Å². The van der Waals surface area contributed by atoms with Crippen LogP contribution in [0.3, 0.4) is 0 Å². The molecule has 1 amide bonds. The minimum absolute atomic E-state index is 0.110. The standard InChI is InChI=1S/C14H10Cl2N4O/c15-9-2-1-8-10(7-5-18-19-6-7)13-14(21)17-3-4-20(13)12(8)11(9)16/h1-2,5-6H,3-4H2,(H,17,21)(H,18,19). The molecule has 0 spiro atoms. The van der Waals surface area contributed by atoms with Crippen LogP contribution < -0.4 is 5.32 Å². The molecule has 106 valence electrons. The molecule has 4 rings (SSSR count). The van der Waals surface area contributed by atoms with Crippen LogP contribution in [0, 0.1) is 0 Å². The third kappa shape index (κ3) is 1.71. The van der Waals surface area contributed by atoms with E-state index in [9.17, 15) is 4.79 Å². The highest BCUT2D eigenvalue weighted by Crippen LogP contribution is 2.41. The monoisotopic (exact) mass is 320 g/mol. The van der Waals surface area contributed by atoms with Crippen LogP contribution in [0.25, 0.3) is 22.0 Å². The normalized spacial score (nSPS) is 14.3. The topological polar surface area (TPSA) is 62.7 Å². The Bertz CT molecular complexity index is 867. The van der Waals surface area contributed by atoms with Gasteiger partial charge in [0.2, 0.25) is 0 Å². The fraction of sp³-hybridized carbons (Fsp3) is 0.143. The zero-order valence-corrected chi connectivity index (χ0v) is 12.3. The summed E-state index contributed by atoms with van der Waals surface area (Å²) in [5.41, 5.74) is 3.07. The number of carbonyl (C=O) groups excluding carboxylic acids is 1. The molecule has 21 heavy (non-hydrogen) atoms. The Morgan fingerprint density at radius 1 is 1.29 bits per heavy atom. The molecule has 0 aliphatic carbocycles. The number of benzene rings is 1. The summed E-state index contributed by atoms with van der Waals surface area (Å²) >= 11 is 12.5. The fourth-order valence-corrected chi connectivity index (χ4v) is 3.30. The summed E-state index contributed by atoms with van der Waals surface area (Å²) in [6.07, 6.45) is 3.46. The highest BCUT2D eigenvalue weighted by molar-refractivity contribution is 6.45. The number of amides is 1. The largest absolute Gasteiger partial charge is 0.349 e. The number of rotatable bonds is 1. The Labute approximate surface area is 129 Å². The van der Waals surface area contributed by atoms with Gasteiger partial charge in [-0.1, -0.05) is 29.3 Å². The molecule has 7 heteroatoms. The fourth-order valence-electron chi connectivity index (χ4n) is 2.88. The van der Waals surface area contributed by atoms with Crippen molar-refractivity contribution < 1.29 is 4.79 Å². The van der Waals surface area contributed by atoms with Crippen LogP contribution in [0.4, 0.5) is 0 Å². The van der Waals surface area contributed by atoms with Gasteiger partial charge in [-0.25, -0.2) is 0 Å². The van der Waals surface area contributed by atoms with E-state index >= 15 is 0 Å². The summed E-state index contributed by atoms with van der Waals surface area (Å²) in [5.74, 6) is -0.110. The Balaban J connectivity index is 2.20. The number of H-pyrrole nitrogens is 1. The number of aromatic nitrogens is 3. The third-order valence-corrected chi connectivity index (χ3v) is 4.53. The molecule has 2 aromatic heterocycles. The van der Waals surface area contributed by atoms with Gasteiger partial charge in [-0.05, 0) is 6.07 Å². The first-order valence-electron chi connectivity index (χ1n) is 6.46. The first kappa shape index (κ1) is 12.7. The van der Waals surface area contributed by atoms with Gasteiger partial charge in [0, 0.05) is 35.8 Å². The molecule has 0 saturated heterocycles. The van der Waals surface area contributed by atoms with Gasteiger partial charge in [-0.2, -0.15) is 5.10 Å². The highest BCUT2D eigenvalue weighted by Gasteiger charge is 2.28. The Hall–Kier alpha value is -1.98. The highest BCUT2D eigenvalue weighted by atomic mass is 35.5. The minimum Gasteiger partial charge on any atom is -0.349 e. The molecule has 0 bridgehead atoms. The molecule has 1 aliphatic rings. The van der Waals surface area contributed by atoms with Crippen molar-refractivity contribution in [2.45, 2.75) is 6.54 Å². The summed E-state index contributed by atoms with van der Waals surface area (Å²) in [5, 5.41) is 11.5. The summed E-state index contributed by atoms with van der Waals surface area (Å²) in [7, 11) is 0. The molecule has 3 aromatic rings. The van der Waals surface area contributed by atoms with Crippen LogP contribution in [-0.2, 0) is 6.54 Å². The Kier molecular flexibility index (Phi) is 2.74. The van der Waals surface area contributed by atoms with E-state index in [1.54, 1.807) is 18.5 Å². The van der Waals surface area contributed by atoms with Crippen LogP contribution in [0.5, 0.6) is 0 Å². The quantitative estimate of drug-likeness (QED) is 0.723. The molecular formula is C14H10Cl2N4O. The maximum atomic E-state index is 12.3. The van der Waals surface area contributed by atoms with E-state index in [2.05, 4.69) is 15.5 Å². The SMILES string of the molecule is O=C1NCCn2c1c(-c1cn[nH]c1)c1ccc(Cl)c(Cl)c12. The molecule has 0 atom stereocenters. The second-order valence-corrected chi connectivity index (χ2v) is 5.66. The molecule has 2 N–H and O–H groups in total. The third-order valence-electron chi connectivity index (χ3n) is 3.74. The summed E-state index contributed by atoms with van der Waals surface area (Å²) in [6.45, 7) is 1.23. The molecule has 3 heterocycles. The van der Waals surface area contributed by atoms with Gasteiger partial charge >= 0.3 is 0 Å². The number of nitrogens with zero attached hydrogens (tertiary/aromatic N) is 2. The lowest BCUT2D eigenvalue weighted by Gasteiger charge is -2.18. The minimum atomic E-state index is -0.110. The molecule has 0 unspecified atom stereocenters. The number of halogens is 2. The van der Waals surface area contributed by atoms with Crippen LogP contribution in [0.2, 0.25) is 10.0 Å². The Morgan fingerprint density at radius 3 is 2.90 bits per heavy atom. The second-order valence-electron chi connectivity index (χ2n) is 4.88. The van der Waals surface area contributed by atoms with Crippen LogP contribution in [0.15, 0.2) is 24.5 Å². The van der Waals surface area contributed by atoms with Crippen molar-refractivity contribution in [3.05, 3.63) is 40.3 Å². The van der Waals surface area contributed by atoms with Gasteiger partial charge in [0.05, 0.1) is 21.8 Å². The first-order chi connectivity index (χ1) is 10.2. The lowest BCUT2D eigenvalue weighted by molar-refractivity contribution is 0.0930. The van der Waals surface area contributed by atoms with E-state index in [1.807, 2.05) is 10.6 Å². The van der Waals surface area contributed by atoms with E-state index in [0.29, 0.717) is 28.8 Å². The van der Waals surface area contributed by atoms with E-state index in [1.165, 1.54) is 0 Å². The lowest BCUT2D eigenvalue weighted by Crippen LogP contribution is -2.35. The molecule has 1 aliphatic heterocycles. The van der Waals surface area contributed by atoms with Crippen LogP contribution >= 0.6 is 23.2 Å². The van der Waals surface area contributed by atoms with Crippen molar-refractivity contribution in [2.24, 2.45) is 0 Å². The van der Waals surface area contributed by atoms with Gasteiger partial charge in [-0.3, -0.25) is 9.89 Å². The molecule has 0 fully saturated rings. The Morgan fingerprint density at radius 2 is 2.14 bits per heavy atom. The maximum absolute atomic E-state index is 12.3. The van der Waals surface area contributed by atoms with Crippen molar-refractivity contribution in [1.82, 2.24) is 20.1 Å².